The van der Waals surface area contributed by atoms with Crippen molar-refractivity contribution >= 4 is 21.6 Å². The van der Waals surface area contributed by atoms with Gasteiger partial charge in [0.05, 0.1) is 18.0 Å². The number of carbonyl (C=O) groups is 1. The van der Waals surface area contributed by atoms with Crippen LogP contribution in [0.25, 0.3) is 0 Å². The normalized spacial score (nSPS) is 13.6. The van der Waals surface area contributed by atoms with E-state index < -0.39 is 16.1 Å². The second-order valence-electron chi connectivity index (χ2n) is 7.92. The van der Waals surface area contributed by atoms with Gasteiger partial charge in [0.1, 0.15) is 6.04 Å². The summed E-state index contributed by atoms with van der Waals surface area (Å²) in [5.41, 5.74) is 5.66. The Morgan fingerprint density at radius 2 is 1.59 bits per heavy atom. The van der Waals surface area contributed by atoms with Gasteiger partial charge in [0, 0.05) is 0 Å². The topological polar surface area (TPSA) is 66.5 Å². The van der Waals surface area contributed by atoms with Gasteiger partial charge in [-0.3, -0.25) is 9.10 Å². The Hall–Kier alpha value is -2.34. The maximum atomic E-state index is 13.2. The number of carbonyl (C=O) groups excluding carboxylic acids is 1. The Bertz CT molecular complexity index is 979. The van der Waals surface area contributed by atoms with Crippen LogP contribution in [0.3, 0.4) is 0 Å². The first-order chi connectivity index (χ1) is 13.4. The highest BCUT2D eigenvalue weighted by Crippen LogP contribution is 2.26. The standard InChI is InChI=1S/C23H32N2O3S/c1-8-22(23(26)24-19(6)21-14-15(2)9-10-18(21)5)25(29(7,27)28)20-12-16(3)11-17(4)13-20/h9-14,19,22H,8H2,1-7H3,(H,24,26)/t19-,22-/m0/s1. The molecule has 6 heteroatoms. The van der Waals surface area contributed by atoms with E-state index in [2.05, 4.69) is 11.4 Å². The van der Waals surface area contributed by atoms with E-state index >= 15 is 0 Å². The molecule has 0 aliphatic carbocycles. The molecule has 2 aromatic carbocycles. The van der Waals surface area contributed by atoms with E-state index in [1.165, 1.54) is 4.31 Å². The van der Waals surface area contributed by atoms with E-state index in [4.69, 9.17) is 0 Å². The van der Waals surface area contributed by atoms with Crippen molar-refractivity contribution < 1.29 is 13.2 Å². The van der Waals surface area contributed by atoms with Crippen molar-refractivity contribution in [3.05, 3.63) is 64.2 Å². The van der Waals surface area contributed by atoms with E-state index in [0.29, 0.717) is 12.1 Å². The van der Waals surface area contributed by atoms with Crippen LogP contribution in [-0.2, 0) is 14.8 Å². The van der Waals surface area contributed by atoms with E-state index in [1.54, 1.807) is 12.1 Å². The van der Waals surface area contributed by atoms with Crippen LogP contribution in [0.5, 0.6) is 0 Å². The minimum Gasteiger partial charge on any atom is -0.348 e. The highest BCUT2D eigenvalue weighted by atomic mass is 32.2. The highest BCUT2D eigenvalue weighted by molar-refractivity contribution is 7.92. The summed E-state index contributed by atoms with van der Waals surface area (Å²) in [5.74, 6) is -0.300. The number of nitrogens with zero attached hydrogens (tertiary/aromatic N) is 1. The Morgan fingerprint density at radius 1 is 1.00 bits per heavy atom. The fourth-order valence-electron chi connectivity index (χ4n) is 3.75. The van der Waals surface area contributed by atoms with E-state index in [1.807, 2.05) is 59.7 Å². The molecule has 158 valence electrons. The van der Waals surface area contributed by atoms with Crippen LogP contribution in [-0.4, -0.2) is 26.6 Å². The average Bonchev–Trinajstić information content (AvgIpc) is 2.59. The average molecular weight is 417 g/mol. The number of hydrogen-bond acceptors (Lipinski definition) is 3. The van der Waals surface area contributed by atoms with Crippen molar-refractivity contribution in [1.82, 2.24) is 5.32 Å². The van der Waals surface area contributed by atoms with Gasteiger partial charge in [-0.15, -0.1) is 0 Å². The summed E-state index contributed by atoms with van der Waals surface area (Å²) >= 11 is 0. The zero-order valence-electron chi connectivity index (χ0n) is 18.4. The van der Waals surface area contributed by atoms with E-state index in [0.717, 1.165) is 34.1 Å². The zero-order chi connectivity index (χ0) is 21.9. The van der Waals surface area contributed by atoms with Crippen molar-refractivity contribution in [3.8, 4) is 0 Å². The summed E-state index contributed by atoms with van der Waals surface area (Å²) in [6.07, 6.45) is 1.51. The molecule has 0 aromatic heterocycles. The molecule has 1 N–H and O–H groups in total. The lowest BCUT2D eigenvalue weighted by molar-refractivity contribution is -0.122. The summed E-state index contributed by atoms with van der Waals surface area (Å²) in [6, 6.07) is 10.7. The third kappa shape index (κ3) is 5.60. The first kappa shape index (κ1) is 22.9. The second-order valence-corrected chi connectivity index (χ2v) is 9.78. The quantitative estimate of drug-likeness (QED) is 0.730. The summed E-state index contributed by atoms with van der Waals surface area (Å²) in [4.78, 5) is 13.2. The first-order valence-corrected chi connectivity index (χ1v) is 11.7. The van der Waals surface area contributed by atoms with Crippen molar-refractivity contribution in [3.63, 3.8) is 0 Å². The first-order valence-electron chi connectivity index (χ1n) is 9.89. The molecular formula is C23H32N2O3S. The number of anilines is 1. The number of rotatable bonds is 7. The number of nitrogens with one attached hydrogen (secondary N) is 1. The van der Waals surface area contributed by atoms with Gasteiger partial charge < -0.3 is 5.32 Å². The third-order valence-corrected chi connectivity index (χ3v) is 6.23. The van der Waals surface area contributed by atoms with Crippen LogP contribution in [0.2, 0.25) is 0 Å². The molecule has 29 heavy (non-hydrogen) atoms. The van der Waals surface area contributed by atoms with Gasteiger partial charge in [0.2, 0.25) is 15.9 Å². The van der Waals surface area contributed by atoms with Gasteiger partial charge in [-0.2, -0.15) is 0 Å². The lowest BCUT2D eigenvalue weighted by Gasteiger charge is -2.31. The summed E-state index contributed by atoms with van der Waals surface area (Å²) < 4.78 is 26.6. The minimum atomic E-state index is -3.65. The fourth-order valence-corrected chi connectivity index (χ4v) is 4.95. The number of aryl methyl sites for hydroxylation is 4. The predicted octanol–water partition coefficient (Wildman–Crippen LogP) is 4.34. The molecule has 0 heterocycles. The van der Waals surface area contributed by atoms with Crippen molar-refractivity contribution in [2.75, 3.05) is 10.6 Å². The number of hydrogen-bond donors (Lipinski definition) is 1. The molecule has 5 nitrogen and oxygen atoms in total. The van der Waals surface area contributed by atoms with Crippen LogP contribution >= 0.6 is 0 Å². The van der Waals surface area contributed by atoms with Crippen molar-refractivity contribution in [2.24, 2.45) is 0 Å². The SMILES string of the molecule is CC[C@@H](C(=O)N[C@@H](C)c1cc(C)ccc1C)N(c1cc(C)cc(C)c1)S(C)(=O)=O. The highest BCUT2D eigenvalue weighted by Gasteiger charge is 2.32. The molecule has 0 unspecified atom stereocenters. The second kappa shape index (κ2) is 8.99. The molecule has 0 aliphatic heterocycles. The molecule has 0 aliphatic rings. The lowest BCUT2D eigenvalue weighted by Crippen LogP contribution is -2.49. The summed E-state index contributed by atoms with van der Waals surface area (Å²) in [5, 5.41) is 3.02. The van der Waals surface area contributed by atoms with Gasteiger partial charge in [-0.1, -0.05) is 36.8 Å². The van der Waals surface area contributed by atoms with E-state index in [-0.39, 0.29) is 11.9 Å². The van der Waals surface area contributed by atoms with Crippen LogP contribution in [0.15, 0.2) is 36.4 Å². The van der Waals surface area contributed by atoms with Gasteiger partial charge in [-0.25, -0.2) is 8.42 Å². The molecule has 0 spiro atoms. The Morgan fingerprint density at radius 3 is 2.10 bits per heavy atom. The Kier molecular flexibility index (Phi) is 7.11. The Labute approximate surface area is 175 Å². The smallest absolute Gasteiger partial charge is 0.244 e. The molecule has 0 saturated heterocycles. The molecule has 0 fully saturated rings. The van der Waals surface area contributed by atoms with Crippen molar-refractivity contribution in [2.45, 2.75) is 60.0 Å². The largest absolute Gasteiger partial charge is 0.348 e. The van der Waals surface area contributed by atoms with E-state index in [9.17, 15) is 13.2 Å². The number of benzene rings is 2. The summed E-state index contributed by atoms with van der Waals surface area (Å²) in [6.45, 7) is 11.6. The van der Waals surface area contributed by atoms with Crippen LogP contribution in [0, 0.1) is 27.7 Å². The number of sulfonamides is 1. The molecule has 0 bridgehead atoms. The lowest BCUT2D eigenvalue weighted by atomic mass is 9.99. The molecular weight excluding hydrogens is 384 g/mol. The van der Waals surface area contributed by atoms with Gasteiger partial charge in [-0.05, 0) is 75.4 Å². The molecule has 0 radical (unpaired) electrons. The third-order valence-electron chi connectivity index (χ3n) is 5.05. The number of amides is 1. The van der Waals surface area contributed by atoms with Crippen LogP contribution in [0.1, 0.15) is 54.1 Å². The molecule has 2 rings (SSSR count). The van der Waals surface area contributed by atoms with Crippen LogP contribution < -0.4 is 9.62 Å². The summed E-state index contributed by atoms with van der Waals surface area (Å²) in [7, 11) is -3.65. The van der Waals surface area contributed by atoms with Crippen LogP contribution in [0.4, 0.5) is 5.69 Å². The minimum absolute atomic E-state index is 0.225. The van der Waals surface area contributed by atoms with Gasteiger partial charge in [0.25, 0.3) is 0 Å². The predicted molar refractivity (Wildman–Crippen MR) is 120 cm³/mol. The maximum Gasteiger partial charge on any atom is 0.244 e. The molecule has 2 aromatic rings. The fraction of sp³-hybridized carbons (Fsp3) is 0.435. The maximum absolute atomic E-state index is 13.2. The van der Waals surface area contributed by atoms with Gasteiger partial charge >= 0.3 is 0 Å². The monoisotopic (exact) mass is 416 g/mol. The van der Waals surface area contributed by atoms with Gasteiger partial charge in [0.15, 0.2) is 0 Å². The Balaban J connectivity index is 2.39. The zero-order valence-corrected chi connectivity index (χ0v) is 19.2. The molecule has 2 atom stereocenters. The molecule has 0 saturated carbocycles. The van der Waals surface area contributed by atoms with Crippen molar-refractivity contribution in [1.29, 1.82) is 0 Å². The molecule has 1 amide bonds.